The summed E-state index contributed by atoms with van der Waals surface area (Å²) in [7, 11) is 1.62. The summed E-state index contributed by atoms with van der Waals surface area (Å²) in [6, 6.07) is 8.00. The average Bonchev–Trinajstić information content (AvgIpc) is 3.22. The van der Waals surface area contributed by atoms with E-state index in [0.29, 0.717) is 49.3 Å². The van der Waals surface area contributed by atoms with Crippen molar-refractivity contribution in [3.05, 3.63) is 36.2 Å². The van der Waals surface area contributed by atoms with Gasteiger partial charge in [-0.3, -0.25) is 9.78 Å². The molecule has 1 saturated heterocycles. The second-order valence-corrected chi connectivity index (χ2v) is 6.54. The summed E-state index contributed by atoms with van der Waals surface area (Å²) in [5, 5.41) is 10.7. The predicted molar refractivity (Wildman–Crippen MR) is 96.9 cm³/mol. The molecule has 0 aliphatic carbocycles. The Morgan fingerprint density at radius 1 is 1.42 bits per heavy atom. The van der Waals surface area contributed by atoms with Gasteiger partial charge in [0.1, 0.15) is 0 Å². The van der Waals surface area contributed by atoms with Crippen molar-refractivity contribution in [2.75, 3.05) is 20.2 Å². The molecule has 0 radical (unpaired) electrons. The second-order valence-electron chi connectivity index (χ2n) is 6.54. The Bertz CT molecular complexity index is 1020. The molecule has 26 heavy (non-hydrogen) atoms. The third-order valence-electron chi connectivity index (χ3n) is 5.01. The van der Waals surface area contributed by atoms with Crippen LogP contribution in [0.15, 0.2) is 35.0 Å². The minimum atomic E-state index is 0.104. The lowest BCUT2D eigenvalue weighted by Gasteiger charge is -2.16. The molecule has 3 heterocycles. The SMILES string of the molecule is COc1ccc(C2CC(=O)N(CCCC#N)C2)c2c1oc1cnccc12. The van der Waals surface area contributed by atoms with E-state index < -0.39 is 0 Å². The molecule has 1 aliphatic rings. The quantitative estimate of drug-likeness (QED) is 0.658. The summed E-state index contributed by atoms with van der Waals surface area (Å²) in [6.07, 6.45) is 5.11. The maximum Gasteiger partial charge on any atom is 0.223 e. The van der Waals surface area contributed by atoms with Gasteiger partial charge in [0.2, 0.25) is 5.91 Å². The summed E-state index contributed by atoms with van der Waals surface area (Å²) in [5.74, 6) is 0.925. The Morgan fingerprint density at radius 3 is 3.12 bits per heavy atom. The minimum absolute atomic E-state index is 0.104. The number of benzene rings is 1. The molecule has 0 spiro atoms. The van der Waals surface area contributed by atoms with Gasteiger partial charge in [0.05, 0.1) is 19.4 Å². The molecule has 6 heteroatoms. The Kier molecular flexibility index (Phi) is 4.21. The number of hydrogen-bond donors (Lipinski definition) is 0. The molecule has 3 aromatic rings. The van der Waals surface area contributed by atoms with E-state index in [2.05, 4.69) is 11.1 Å². The smallest absolute Gasteiger partial charge is 0.223 e. The predicted octanol–water partition coefficient (Wildman–Crippen LogP) is 3.61. The largest absolute Gasteiger partial charge is 0.493 e. The first-order chi connectivity index (χ1) is 12.7. The zero-order valence-electron chi connectivity index (χ0n) is 14.6. The molecule has 1 amide bonds. The number of aromatic nitrogens is 1. The number of furan rings is 1. The lowest BCUT2D eigenvalue weighted by Crippen LogP contribution is -2.26. The summed E-state index contributed by atoms with van der Waals surface area (Å²) in [6.45, 7) is 1.31. The fourth-order valence-electron chi connectivity index (χ4n) is 3.78. The Labute approximate surface area is 151 Å². The highest BCUT2D eigenvalue weighted by molar-refractivity contribution is 6.08. The maximum atomic E-state index is 12.4. The highest BCUT2D eigenvalue weighted by Gasteiger charge is 2.32. The van der Waals surface area contributed by atoms with E-state index in [-0.39, 0.29) is 11.8 Å². The van der Waals surface area contributed by atoms with Gasteiger partial charge in [-0.15, -0.1) is 0 Å². The van der Waals surface area contributed by atoms with Crippen molar-refractivity contribution < 1.29 is 13.9 Å². The van der Waals surface area contributed by atoms with Crippen LogP contribution in [0.4, 0.5) is 0 Å². The van der Waals surface area contributed by atoms with Crippen LogP contribution in [-0.2, 0) is 4.79 Å². The van der Waals surface area contributed by atoms with Crippen LogP contribution in [0.5, 0.6) is 5.75 Å². The van der Waals surface area contributed by atoms with Crippen LogP contribution in [0, 0.1) is 11.3 Å². The lowest BCUT2D eigenvalue weighted by molar-refractivity contribution is -0.127. The van der Waals surface area contributed by atoms with E-state index in [9.17, 15) is 4.79 Å². The van der Waals surface area contributed by atoms with Crippen LogP contribution in [0.3, 0.4) is 0 Å². The fourth-order valence-corrected chi connectivity index (χ4v) is 3.78. The van der Waals surface area contributed by atoms with Crippen LogP contribution in [0.2, 0.25) is 0 Å². The number of hydrogen-bond acceptors (Lipinski definition) is 5. The van der Waals surface area contributed by atoms with Gasteiger partial charge in [-0.05, 0) is 24.1 Å². The van der Waals surface area contributed by atoms with Gasteiger partial charge in [0.15, 0.2) is 16.9 Å². The van der Waals surface area contributed by atoms with Crippen molar-refractivity contribution in [1.82, 2.24) is 9.88 Å². The van der Waals surface area contributed by atoms with Crippen LogP contribution in [-0.4, -0.2) is 36.0 Å². The number of nitriles is 1. The summed E-state index contributed by atoms with van der Waals surface area (Å²) in [5.41, 5.74) is 2.51. The lowest BCUT2D eigenvalue weighted by atomic mass is 9.93. The number of amides is 1. The number of methoxy groups -OCH3 is 1. The van der Waals surface area contributed by atoms with Crippen LogP contribution >= 0.6 is 0 Å². The van der Waals surface area contributed by atoms with E-state index >= 15 is 0 Å². The summed E-state index contributed by atoms with van der Waals surface area (Å²) >= 11 is 0. The van der Waals surface area contributed by atoms with Gasteiger partial charge in [0, 0.05) is 48.8 Å². The van der Waals surface area contributed by atoms with E-state index in [0.717, 1.165) is 16.3 Å². The van der Waals surface area contributed by atoms with E-state index in [1.807, 2.05) is 23.1 Å². The number of rotatable bonds is 5. The van der Waals surface area contributed by atoms with E-state index in [1.165, 1.54) is 0 Å². The zero-order valence-corrected chi connectivity index (χ0v) is 14.6. The topological polar surface area (TPSA) is 79.4 Å². The third-order valence-corrected chi connectivity index (χ3v) is 5.01. The molecule has 1 aromatic carbocycles. The van der Waals surface area contributed by atoms with Crippen LogP contribution in [0.1, 0.15) is 30.7 Å². The first-order valence-electron chi connectivity index (χ1n) is 8.70. The molecule has 132 valence electrons. The van der Waals surface area contributed by atoms with Crippen molar-refractivity contribution in [3.8, 4) is 11.8 Å². The molecular formula is C20H19N3O3. The Balaban J connectivity index is 1.75. The van der Waals surface area contributed by atoms with Gasteiger partial charge < -0.3 is 14.1 Å². The maximum absolute atomic E-state index is 12.4. The van der Waals surface area contributed by atoms with Gasteiger partial charge >= 0.3 is 0 Å². The zero-order chi connectivity index (χ0) is 18.1. The molecule has 1 fully saturated rings. The average molecular weight is 349 g/mol. The molecule has 1 atom stereocenters. The van der Waals surface area contributed by atoms with Crippen molar-refractivity contribution in [2.24, 2.45) is 0 Å². The molecule has 6 nitrogen and oxygen atoms in total. The van der Waals surface area contributed by atoms with Gasteiger partial charge in [-0.2, -0.15) is 5.26 Å². The first-order valence-corrected chi connectivity index (χ1v) is 8.70. The summed E-state index contributed by atoms with van der Waals surface area (Å²) in [4.78, 5) is 18.4. The second kappa shape index (κ2) is 6.68. The van der Waals surface area contributed by atoms with Crippen LogP contribution < -0.4 is 4.74 Å². The third kappa shape index (κ3) is 2.66. The molecule has 1 aliphatic heterocycles. The van der Waals surface area contributed by atoms with Crippen molar-refractivity contribution in [2.45, 2.75) is 25.2 Å². The Morgan fingerprint density at radius 2 is 2.31 bits per heavy atom. The Hall–Kier alpha value is -3.07. The normalized spacial score (nSPS) is 17.2. The monoisotopic (exact) mass is 349 g/mol. The molecule has 4 rings (SSSR count). The van der Waals surface area contributed by atoms with Gasteiger partial charge in [-0.1, -0.05) is 6.07 Å². The van der Waals surface area contributed by atoms with Gasteiger partial charge in [0.25, 0.3) is 0 Å². The molecule has 0 N–H and O–H groups in total. The number of nitrogens with zero attached hydrogens (tertiary/aromatic N) is 3. The number of fused-ring (bicyclic) bond motifs is 3. The van der Waals surface area contributed by atoms with Crippen molar-refractivity contribution in [1.29, 1.82) is 5.26 Å². The van der Waals surface area contributed by atoms with Gasteiger partial charge in [-0.25, -0.2) is 0 Å². The van der Waals surface area contributed by atoms with Crippen molar-refractivity contribution in [3.63, 3.8) is 0 Å². The fraction of sp³-hybridized carbons (Fsp3) is 0.350. The van der Waals surface area contributed by atoms with E-state index in [1.54, 1.807) is 19.5 Å². The van der Waals surface area contributed by atoms with Crippen molar-refractivity contribution >= 4 is 27.8 Å². The highest BCUT2D eigenvalue weighted by atomic mass is 16.5. The number of unbranched alkanes of at least 4 members (excludes halogenated alkanes) is 1. The molecular weight excluding hydrogens is 330 g/mol. The number of pyridine rings is 1. The highest BCUT2D eigenvalue weighted by Crippen LogP contribution is 2.41. The molecule has 2 aromatic heterocycles. The van der Waals surface area contributed by atoms with Crippen LogP contribution in [0.25, 0.3) is 21.9 Å². The van der Waals surface area contributed by atoms with E-state index in [4.69, 9.17) is 14.4 Å². The molecule has 0 bridgehead atoms. The first kappa shape index (κ1) is 16.4. The number of carbonyl (C=O) groups excluding carboxylic acids is 1. The molecule has 0 saturated carbocycles. The standard InChI is InChI=1S/C20H19N3O3/c1-25-16-5-4-14(13-10-18(24)23(12-13)9-3-2-7-21)19-15-6-8-22-11-17(15)26-20(16)19/h4-6,8,11,13H,2-3,9-10,12H2,1H3. The summed E-state index contributed by atoms with van der Waals surface area (Å²) < 4.78 is 11.4. The number of carbonyl (C=O) groups is 1. The number of ether oxygens (including phenoxy) is 1. The number of likely N-dealkylation sites (tertiary alicyclic amines) is 1. The minimum Gasteiger partial charge on any atom is -0.493 e. The molecule has 1 unspecified atom stereocenters.